The van der Waals surface area contributed by atoms with Crippen molar-refractivity contribution in [2.24, 2.45) is 0 Å². The number of anilines is 1. The zero-order valence-electron chi connectivity index (χ0n) is 13.6. The summed E-state index contributed by atoms with van der Waals surface area (Å²) < 4.78 is 4.94. The van der Waals surface area contributed by atoms with Gasteiger partial charge in [-0.05, 0) is 38.5 Å². The van der Waals surface area contributed by atoms with Crippen molar-refractivity contribution in [3.8, 4) is 0 Å². The standard InChI is InChI=1S/C16H27ClN2O2/c1-16(2,3)18-9-12-6-7-15(14(17)8-12)19(4)10-13(20)11-21-5/h6-8,13,18,20H,9-11H2,1-5H3. The molecule has 0 saturated carbocycles. The Balaban J connectivity index is 2.69. The number of aliphatic hydroxyl groups excluding tert-OH is 1. The zero-order valence-corrected chi connectivity index (χ0v) is 14.4. The predicted octanol–water partition coefficient (Wildman–Crippen LogP) is 2.67. The molecule has 0 fully saturated rings. The Kier molecular flexibility index (Phi) is 6.94. The van der Waals surface area contributed by atoms with Crippen molar-refractivity contribution in [3.05, 3.63) is 28.8 Å². The lowest BCUT2D eigenvalue weighted by Gasteiger charge is -2.24. The molecule has 120 valence electrons. The van der Waals surface area contributed by atoms with Gasteiger partial charge in [0.1, 0.15) is 0 Å². The number of nitrogens with zero attached hydrogens (tertiary/aromatic N) is 1. The van der Waals surface area contributed by atoms with Gasteiger partial charge in [-0.2, -0.15) is 0 Å². The molecule has 21 heavy (non-hydrogen) atoms. The van der Waals surface area contributed by atoms with Crippen LogP contribution in [0.3, 0.4) is 0 Å². The average molecular weight is 315 g/mol. The molecule has 0 heterocycles. The van der Waals surface area contributed by atoms with Crippen LogP contribution in [0.25, 0.3) is 0 Å². The number of likely N-dealkylation sites (N-methyl/N-ethyl adjacent to an activating group) is 1. The van der Waals surface area contributed by atoms with Crippen molar-refractivity contribution < 1.29 is 9.84 Å². The molecule has 0 radical (unpaired) electrons. The van der Waals surface area contributed by atoms with Crippen molar-refractivity contribution in [1.82, 2.24) is 5.32 Å². The molecule has 1 aromatic rings. The Labute approximate surface area is 133 Å². The second-order valence-corrected chi connectivity index (χ2v) is 6.79. The molecular formula is C16H27ClN2O2. The van der Waals surface area contributed by atoms with Crippen LogP contribution >= 0.6 is 11.6 Å². The highest BCUT2D eigenvalue weighted by Gasteiger charge is 2.13. The number of nitrogens with one attached hydrogen (secondary N) is 1. The topological polar surface area (TPSA) is 44.7 Å². The van der Waals surface area contributed by atoms with Crippen LogP contribution in [0, 0.1) is 0 Å². The van der Waals surface area contributed by atoms with Crippen LogP contribution in [0.15, 0.2) is 18.2 Å². The quantitative estimate of drug-likeness (QED) is 0.812. The molecule has 1 aromatic carbocycles. The largest absolute Gasteiger partial charge is 0.389 e. The minimum atomic E-state index is -0.529. The van der Waals surface area contributed by atoms with E-state index in [9.17, 15) is 5.11 Å². The van der Waals surface area contributed by atoms with E-state index in [-0.39, 0.29) is 5.54 Å². The highest BCUT2D eigenvalue weighted by Crippen LogP contribution is 2.26. The second kappa shape index (κ2) is 7.99. The maximum Gasteiger partial charge on any atom is 0.0947 e. The number of methoxy groups -OCH3 is 1. The lowest BCUT2D eigenvalue weighted by atomic mass is 10.1. The van der Waals surface area contributed by atoms with Gasteiger partial charge in [0.15, 0.2) is 0 Å². The number of hydrogen-bond acceptors (Lipinski definition) is 4. The summed E-state index contributed by atoms with van der Waals surface area (Å²) in [4.78, 5) is 1.94. The van der Waals surface area contributed by atoms with E-state index in [4.69, 9.17) is 16.3 Å². The summed E-state index contributed by atoms with van der Waals surface area (Å²) >= 11 is 6.35. The molecule has 0 spiro atoms. The first-order chi connectivity index (χ1) is 9.73. The van der Waals surface area contributed by atoms with Crippen LogP contribution in [0.4, 0.5) is 5.69 Å². The van der Waals surface area contributed by atoms with Crippen molar-refractivity contribution >= 4 is 17.3 Å². The Hall–Kier alpha value is -0.810. The van der Waals surface area contributed by atoms with Crippen molar-refractivity contribution in [1.29, 1.82) is 0 Å². The maximum absolute atomic E-state index is 9.78. The SMILES string of the molecule is COCC(O)CN(C)c1ccc(CNC(C)(C)C)cc1Cl. The molecule has 1 rings (SSSR count). The molecular weight excluding hydrogens is 288 g/mol. The van der Waals surface area contributed by atoms with Gasteiger partial charge in [0, 0.05) is 32.8 Å². The van der Waals surface area contributed by atoms with Crippen molar-refractivity contribution in [2.45, 2.75) is 39.0 Å². The number of benzene rings is 1. The smallest absolute Gasteiger partial charge is 0.0947 e. The molecule has 1 atom stereocenters. The Morgan fingerprint density at radius 1 is 1.38 bits per heavy atom. The van der Waals surface area contributed by atoms with Crippen LogP contribution < -0.4 is 10.2 Å². The van der Waals surface area contributed by atoms with Crippen LogP contribution in [0.1, 0.15) is 26.3 Å². The Morgan fingerprint density at radius 2 is 2.05 bits per heavy atom. The van der Waals surface area contributed by atoms with Gasteiger partial charge in [0.2, 0.25) is 0 Å². The number of aliphatic hydroxyl groups is 1. The van der Waals surface area contributed by atoms with Gasteiger partial charge in [-0.15, -0.1) is 0 Å². The lowest BCUT2D eigenvalue weighted by Crippen LogP contribution is -2.35. The van der Waals surface area contributed by atoms with Gasteiger partial charge in [0.25, 0.3) is 0 Å². The molecule has 5 heteroatoms. The van der Waals surface area contributed by atoms with Crippen molar-refractivity contribution in [3.63, 3.8) is 0 Å². The fourth-order valence-corrected chi connectivity index (χ4v) is 2.34. The number of ether oxygens (including phenoxy) is 1. The third-order valence-electron chi connectivity index (χ3n) is 3.09. The fraction of sp³-hybridized carbons (Fsp3) is 0.625. The van der Waals surface area contributed by atoms with Gasteiger partial charge >= 0.3 is 0 Å². The third-order valence-corrected chi connectivity index (χ3v) is 3.39. The van der Waals surface area contributed by atoms with E-state index in [1.165, 1.54) is 0 Å². The average Bonchev–Trinajstić information content (AvgIpc) is 2.35. The second-order valence-electron chi connectivity index (χ2n) is 6.38. The van der Waals surface area contributed by atoms with Gasteiger partial charge in [-0.1, -0.05) is 17.7 Å². The molecule has 4 nitrogen and oxygen atoms in total. The molecule has 0 amide bonds. The molecule has 0 bridgehead atoms. The summed E-state index contributed by atoms with van der Waals surface area (Å²) in [6, 6.07) is 6.01. The highest BCUT2D eigenvalue weighted by molar-refractivity contribution is 6.33. The number of halogens is 1. The van der Waals surface area contributed by atoms with E-state index < -0.39 is 6.10 Å². The normalized spacial score (nSPS) is 13.3. The van der Waals surface area contributed by atoms with Crippen LogP contribution in [-0.4, -0.2) is 44.1 Å². The first-order valence-corrected chi connectivity index (χ1v) is 7.52. The van der Waals surface area contributed by atoms with E-state index >= 15 is 0 Å². The molecule has 2 N–H and O–H groups in total. The van der Waals surface area contributed by atoms with Crippen LogP contribution in [0.5, 0.6) is 0 Å². The van der Waals surface area contributed by atoms with Gasteiger partial charge < -0.3 is 20.1 Å². The minimum Gasteiger partial charge on any atom is -0.389 e. The van der Waals surface area contributed by atoms with E-state index in [2.05, 4.69) is 32.2 Å². The van der Waals surface area contributed by atoms with E-state index in [0.29, 0.717) is 18.2 Å². The van der Waals surface area contributed by atoms with E-state index in [0.717, 1.165) is 17.8 Å². The van der Waals surface area contributed by atoms with E-state index in [1.807, 2.05) is 24.1 Å². The maximum atomic E-state index is 9.78. The van der Waals surface area contributed by atoms with Gasteiger partial charge in [0.05, 0.1) is 23.4 Å². The monoisotopic (exact) mass is 314 g/mol. The Morgan fingerprint density at radius 3 is 2.57 bits per heavy atom. The summed E-state index contributed by atoms with van der Waals surface area (Å²) in [6.45, 7) is 7.97. The summed E-state index contributed by atoms with van der Waals surface area (Å²) in [5.41, 5.74) is 2.13. The summed E-state index contributed by atoms with van der Waals surface area (Å²) in [5.74, 6) is 0. The molecule has 0 aromatic heterocycles. The first-order valence-electron chi connectivity index (χ1n) is 7.14. The molecule has 0 aliphatic carbocycles. The Bertz CT molecular complexity index is 446. The molecule has 0 aliphatic rings. The lowest BCUT2D eigenvalue weighted by molar-refractivity contribution is 0.0695. The highest BCUT2D eigenvalue weighted by atomic mass is 35.5. The minimum absolute atomic E-state index is 0.0756. The zero-order chi connectivity index (χ0) is 16.0. The van der Waals surface area contributed by atoms with Gasteiger partial charge in [-0.25, -0.2) is 0 Å². The molecule has 0 aliphatic heterocycles. The summed E-state index contributed by atoms with van der Waals surface area (Å²) in [5, 5.41) is 13.9. The van der Waals surface area contributed by atoms with Gasteiger partial charge in [-0.3, -0.25) is 0 Å². The first kappa shape index (κ1) is 18.2. The van der Waals surface area contributed by atoms with Crippen molar-refractivity contribution in [2.75, 3.05) is 32.2 Å². The van der Waals surface area contributed by atoms with Crippen LogP contribution in [0.2, 0.25) is 5.02 Å². The van der Waals surface area contributed by atoms with Crippen LogP contribution in [-0.2, 0) is 11.3 Å². The molecule has 1 unspecified atom stereocenters. The number of rotatable bonds is 7. The van der Waals surface area contributed by atoms with E-state index in [1.54, 1.807) is 7.11 Å². The summed E-state index contributed by atoms with van der Waals surface area (Å²) in [7, 11) is 3.49. The number of hydrogen-bond donors (Lipinski definition) is 2. The predicted molar refractivity (Wildman–Crippen MR) is 89.2 cm³/mol. The summed E-state index contributed by atoms with van der Waals surface area (Å²) in [6.07, 6.45) is -0.529. The third kappa shape index (κ3) is 6.66. The fourth-order valence-electron chi connectivity index (χ4n) is 2.00. The molecule has 0 saturated heterocycles.